The van der Waals surface area contributed by atoms with Crippen molar-refractivity contribution in [1.29, 1.82) is 0 Å². The molecule has 0 N–H and O–H groups in total. The molecule has 2 aliphatic rings. The molecular formula is C17H23FN2O5S2. The number of sulfonamides is 1. The second-order valence-electron chi connectivity index (χ2n) is 7.16. The number of hydrogen-bond acceptors (Lipinski definition) is 5. The number of benzene rings is 1. The van der Waals surface area contributed by atoms with Crippen LogP contribution in [-0.2, 0) is 24.7 Å². The van der Waals surface area contributed by atoms with E-state index in [0.29, 0.717) is 25.8 Å². The van der Waals surface area contributed by atoms with Crippen LogP contribution in [0.1, 0.15) is 19.3 Å². The number of rotatable bonds is 4. The smallest absolute Gasteiger partial charge is 0.243 e. The first-order valence-corrected chi connectivity index (χ1v) is 12.1. The van der Waals surface area contributed by atoms with E-state index in [1.165, 1.54) is 21.3 Å². The molecule has 2 atom stereocenters. The Balaban J connectivity index is 1.72. The van der Waals surface area contributed by atoms with Gasteiger partial charge in [-0.2, -0.15) is 4.31 Å². The maximum Gasteiger partial charge on any atom is 0.243 e. The van der Waals surface area contributed by atoms with Gasteiger partial charge in [0.25, 0.3) is 0 Å². The van der Waals surface area contributed by atoms with Gasteiger partial charge in [-0.25, -0.2) is 21.2 Å². The van der Waals surface area contributed by atoms with Crippen molar-refractivity contribution in [3.8, 4) is 0 Å². The fourth-order valence-corrected chi connectivity index (χ4v) is 6.96. The molecule has 1 aromatic carbocycles. The lowest BCUT2D eigenvalue weighted by Gasteiger charge is -2.34. The van der Waals surface area contributed by atoms with Gasteiger partial charge in [0.2, 0.25) is 15.9 Å². The van der Waals surface area contributed by atoms with Crippen molar-refractivity contribution in [3.05, 3.63) is 30.1 Å². The van der Waals surface area contributed by atoms with E-state index in [1.54, 1.807) is 7.05 Å². The topological polar surface area (TPSA) is 91.8 Å². The second kappa shape index (κ2) is 7.48. The van der Waals surface area contributed by atoms with Gasteiger partial charge in [-0.1, -0.05) is 0 Å². The minimum atomic E-state index is -3.81. The zero-order valence-electron chi connectivity index (χ0n) is 15.0. The molecule has 0 aromatic heterocycles. The van der Waals surface area contributed by atoms with Crippen LogP contribution in [0.4, 0.5) is 4.39 Å². The first-order valence-electron chi connectivity index (χ1n) is 8.83. The maximum atomic E-state index is 13.1. The first kappa shape index (κ1) is 20.2. The van der Waals surface area contributed by atoms with E-state index >= 15 is 0 Å². The first-order chi connectivity index (χ1) is 12.6. The van der Waals surface area contributed by atoms with Crippen LogP contribution in [-0.4, -0.2) is 69.6 Å². The van der Waals surface area contributed by atoms with E-state index in [-0.39, 0.29) is 34.9 Å². The molecular weight excluding hydrogens is 395 g/mol. The SMILES string of the molecule is CN(C(=O)C1CCCN(S(=O)(=O)c2ccc(F)cc2)C1)C1CCS(=O)(=O)C1. The number of piperidine rings is 1. The van der Waals surface area contributed by atoms with Crippen molar-refractivity contribution >= 4 is 25.8 Å². The molecule has 150 valence electrons. The Morgan fingerprint density at radius 1 is 1.22 bits per heavy atom. The minimum absolute atomic E-state index is 0.00719. The number of halogens is 1. The molecule has 3 rings (SSSR count). The molecule has 10 heteroatoms. The Morgan fingerprint density at radius 2 is 1.89 bits per heavy atom. The summed E-state index contributed by atoms with van der Waals surface area (Å²) in [7, 11) is -5.33. The molecule has 7 nitrogen and oxygen atoms in total. The van der Waals surface area contributed by atoms with Gasteiger partial charge in [-0.3, -0.25) is 4.79 Å². The van der Waals surface area contributed by atoms with Crippen LogP contribution in [0.2, 0.25) is 0 Å². The van der Waals surface area contributed by atoms with Crippen molar-refractivity contribution in [1.82, 2.24) is 9.21 Å². The van der Waals surface area contributed by atoms with Crippen molar-refractivity contribution < 1.29 is 26.0 Å². The molecule has 0 spiro atoms. The molecule has 2 fully saturated rings. The summed E-state index contributed by atoms with van der Waals surface area (Å²) in [6.45, 7) is 0.341. The van der Waals surface area contributed by atoms with Gasteiger partial charge in [0.05, 0.1) is 22.3 Å². The standard InChI is InChI=1S/C17H23FN2O5S2/c1-19(15-8-10-26(22,23)12-15)17(21)13-3-2-9-20(11-13)27(24,25)16-6-4-14(18)5-7-16/h4-7,13,15H,2-3,8-12H2,1H3. The van der Waals surface area contributed by atoms with E-state index in [4.69, 9.17) is 0 Å². The van der Waals surface area contributed by atoms with Crippen LogP contribution < -0.4 is 0 Å². The van der Waals surface area contributed by atoms with Crippen molar-refractivity contribution in [3.63, 3.8) is 0 Å². The van der Waals surface area contributed by atoms with Gasteiger partial charge < -0.3 is 4.90 Å². The van der Waals surface area contributed by atoms with Gasteiger partial charge in [-0.15, -0.1) is 0 Å². The molecule has 2 heterocycles. The lowest BCUT2D eigenvalue weighted by molar-refractivity contribution is -0.137. The third-order valence-corrected chi connectivity index (χ3v) is 8.92. The highest BCUT2D eigenvalue weighted by Gasteiger charge is 2.38. The van der Waals surface area contributed by atoms with E-state index in [9.17, 15) is 26.0 Å². The molecule has 1 aromatic rings. The van der Waals surface area contributed by atoms with Crippen molar-refractivity contribution in [2.75, 3.05) is 31.6 Å². The summed E-state index contributed by atoms with van der Waals surface area (Å²) in [4.78, 5) is 14.3. The van der Waals surface area contributed by atoms with E-state index in [2.05, 4.69) is 0 Å². The van der Waals surface area contributed by atoms with E-state index in [0.717, 1.165) is 12.1 Å². The monoisotopic (exact) mass is 418 g/mol. The van der Waals surface area contributed by atoms with Gasteiger partial charge in [0.1, 0.15) is 5.82 Å². The highest BCUT2D eigenvalue weighted by Crippen LogP contribution is 2.26. The lowest BCUT2D eigenvalue weighted by Crippen LogP contribution is -2.48. The molecule has 0 bridgehead atoms. The molecule has 2 unspecified atom stereocenters. The Labute approximate surface area is 159 Å². The van der Waals surface area contributed by atoms with E-state index < -0.39 is 31.6 Å². The summed E-state index contributed by atoms with van der Waals surface area (Å²) >= 11 is 0. The molecule has 27 heavy (non-hydrogen) atoms. The number of hydrogen-bond donors (Lipinski definition) is 0. The Kier molecular flexibility index (Phi) is 5.60. The molecule has 2 saturated heterocycles. The third-order valence-electron chi connectivity index (χ3n) is 5.29. The summed E-state index contributed by atoms with van der Waals surface area (Å²) in [5.41, 5.74) is 0. The fraction of sp³-hybridized carbons (Fsp3) is 0.588. The molecule has 0 aliphatic carbocycles. The quantitative estimate of drug-likeness (QED) is 0.724. The number of nitrogens with zero attached hydrogens (tertiary/aromatic N) is 2. The summed E-state index contributed by atoms with van der Waals surface area (Å²) in [6.07, 6.45) is 1.50. The van der Waals surface area contributed by atoms with Crippen molar-refractivity contribution in [2.24, 2.45) is 5.92 Å². The summed E-state index contributed by atoms with van der Waals surface area (Å²) in [6, 6.07) is 4.25. The zero-order valence-corrected chi connectivity index (χ0v) is 16.7. The third kappa shape index (κ3) is 4.33. The fourth-order valence-electron chi connectivity index (χ4n) is 3.67. The Bertz CT molecular complexity index is 915. The highest BCUT2D eigenvalue weighted by atomic mass is 32.2. The summed E-state index contributed by atoms with van der Waals surface area (Å²) in [5, 5.41) is 0. The number of carbonyl (C=O) groups excluding carboxylic acids is 1. The van der Waals surface area contributed by atoms with Crippen LogP contribution >= 0.6 is 0 Å². The van der Waals surface area contributed by atoms with Crippen LogP contribution in [0.3, 0.4) is 0 Å². The predicted octanol–water partition coefficient (Wildman–Crippen LogP) is 0.872. The predicted molar refractivity (Wildman–Crippen MR) is 97.7 cm³/mol. The summed E-state index contributed by atoms with van der Waals surface area (Å²) < 4.78 is 63.2. The summed E-state index contributed by atoms with van der Waals surface area (Å²) in [5.74, 6) is -1.22. The Morgan fingerprint density at radius 3 is 2.48 bits per heavy atom. The van der Waals surface area contributed by atoms with Crippen molar-refractivity contribution in [2.45, 2.75) is 30.2 Å². The van der Waals surface area contributed by atoms with Crippen LogP contribution in [0.5, 0.6) is 0 Å². The average Bonchev–Trinajstić information content (AvgIpc) is 3.01. The van der Waals surface area contributed by atoms with Gasteiger partial charge in [-0.05, 0) is 43.5 Å². The molecule has 0 radical (unpaired) electrons. The lowest BCUT2D eigenvalue weighted by atomic mass is 9.97. The van der Waals surface area contributed by atoms with E-state index in [1.807, 2.05) is 0 Å². The van der Waals surface area contributed by atoms with Gasteiger partial charge in [0, 0.05) is 26.2 Å². The minimum Gasteiger partial charge on any atom is -0.341 e. The molecule has 0 saturated carbocycles. The van der Waals surface area contributed by atoms with Gasteiger partial charge >= 0.3 is 0 Å². The Hall–Kier alpha value is -1.52. The normalized spacial score (nSPS) is 26.0. The average molecular weight is 419 g/mol. The zero-order chi connectivity index (χ0) is 19.8. The van der Waals surface area contributed by atoms with Crippen LogP contribution in [0.25, 0.3) is 0 Å². The number of amides is 1. The van der Waals surface area contributed by atoms with Gasteiger partial charge in [0.15, 0.2) is 9.84 Å². The molecule has 1 amide bonds. The van der Waals surface area contributed by atoms with Crippen LogP contribution in [0.15, 0.2) is 29.2 Å². The largest absolute Gasteiger partial charge is 0.341 e. The second-order valence-corrected chi connectivity index (χ2v) is 11.3. The molecule has 2 aliphatic heterocycles. The number of sulfone groups is 1. The van der Waals surface area contributed by atoms with Crippen LogP contribution in [0, 0.1) is 11.7 Å². The number of carbonyl (C=O) groups is 1. The maximum absolute atomic E-state index is 13.1. The highest BCUT2D eigenvalue weighted by molar-refractivity contribution is 7.91.